The molecule has 5 rings (SSSR count). The van der Waals surface area contributed by atoms with Crippen molar-refractivity contribution in [2.75, 3.05) is 6.61 Å². The summed E-state index contributed by atoms with van der Waals surface area (Å²) >= 11 is 7.51. The van der Waals surface area contributed by atoms with Crippen molar-refractivity contribution >= 4 is 45.2 Å². The third kappa shape index (κ3) is 4.17. The maximum Gasteiger partial charge on any atom is 0.407 e. The normalized spacial score (nSPS) is 13.4. The Labute approximate surface area is 198 Å². The molecule has 1 aliphatic carbocycles. The number of hydrogen-bond donors (Lipinski definition) is 2. The lowest BCUT2D eigenvalue weighted by Gasteiger charge is -2.17. The fraction of sp³-hybridized carbons (Fsp3) is 0.160. The quantitative estimate of drug-likeness (QED) is 0.383. The van der Waals surface area contributed by atoms with E-state index in [1.807, 2.05) is 42.5 Å². The standard InChI is InChI=1S/C25H19ClN2O4S/c26-19-10-5-11-20-23(19)33-22(27-20)12-21(24(29)30)28-25(31)32-13-18-16-8-3-1-6-14(16)15-7-2-4-9-17(15)18/h1-11,18,21H,12-13H2,(H,28,31)(H,29,30)/t21-/m0/s1. The highest BCUT2D eigenvalue weighted by Gasteiger charge is 2.30. The van der Waals surface area contributed by atoms with Crippen LogP contribution in [0.4, 0.5) is 4.79 Å². The first-order valence-electron chi connectivity index (χ1n) is 10.4. The minimum atomic E-state index is -1.17. The second-order valence-electron chi connectivity index (χ2n) is 7.76. The number of carboxylic acids is 1. The minimum absolute atomic E-state index is 0.0369. The van der Waals surface area contributed by atoms with Gasteiger partial charge in [-0.3, -0.25) is 0 Å². The third-order valence-corrected chi connectivity index (χ3v) is 7.28. The number of carboxylic acid groups (broad SMARTS) is 1. The SMILES string of the molecule is O=C(N[C@@H](Cc1nc2cccc(Cl)c2s1)C(=O)O)OCC1c2ccccc2-c2ccccc21. The summed E-state index contributed by atoms with van der Waals surface area (Å²) in [4.78, 5) is 28.8. The number of fused-ring (bicyclic) bond motifs is 4. The van der Waals surface area contributed by atoms with Gasteiger partial charge in [0.15, 0.2) is 0 Å². The zero-order valence-electron chi connectivity index (χ0n) is 17.3. The van der Waals surface area contributed by atoms with Gasteiger partial charge >= 0.3 is 12.1 Å². The summed E-state index contributed by atoms with van der Waals surface area (Å²) in [5, 5.41) is 13.2. The molecule has 4 aromatic rings. The molecule has 6 nitrogen and oxygen atoms in total. The molecular weight excluding hydrogens is 460 g/mol. The van der Waals surface area contributed by atoms with Crippen LogP contribution < -0.4 is 5.32 Å². The topological polar surface area (TPSA) is 88.5 Å². The average molecular weight is 479 g/mol. The number of rotatable bonds is 6. The second kappa shape index (κ2) is 8.84. The van der Waals surface area contributed by atoms with E-state index in [1.165, 1.54) is 11.3 Å². The Balaban J connectivity index is 1.27. The molecule has 1 aliphatic rings. The monoisotopic (exact) mass is 478 g/mol. The van der Waals surface area contributed by atoms with Gasteiger partial charge in [-0.25, -0.2) is 14.6 Å². The highest BCUT2D eigenvalue weighted by Crippen LogP contribution is 2.44. The third-order valence-electron chi connectivity index (χ3n) is 5.72. The molecule has 0 spiro atoms. The lowest BCUT2D eigenvalue weighted by molar-refractivity contribution is -0.139. The van der Waals surface area contributed by atoms with Crippen LogP contribution in [0, 0.1) is 0 Å². The molecule has 2 N–H and O–H groups in total. The zero-order valence-corrected chi connectivity index (χ0v) is 18.9. The number of alkyl carbamates (subject to hydrolysis) is 1. The Morgan fingerprint density at radius 1 is 1.03 bits per heavy atom. The van der Waals surface area contributed by atoms with Gasteiger partial charge in [0.1, 0.15) is 12.6 Å². The van der Waals surface area contributed by atoms with Crippen LogP contribution in [0.5, 0.6) is 0 Å². The van der Waals surface area contributed by atoms with E-state index in [0.717, 1.165) is 27.0 Å². The Bertz CT molecular complexity index is 1320. The molecule has 33 heavy (non-hydrogen) atoms. The Hall–Kier alpha value is -3.42. The van der Waals surface area contributed by atoms with E-state index in [-0.39, 0.29) is 18.9 Å². The Kier molecular flexibility index (Phi) is 5.74. The Morgan fingerprint density at radius 2 is 1.70 bits per heavy atom. The van der Waals surface area contributed by atoms with Gasteiger partial charge in [-0.1, -0.05) is 66.2 Å². The fourth-order valence-electron chi connectivity index (χ4n) is 4.21. The summed E-state index contributed by atoms with van der Waals surface area (Å²) in [6.45, 7) is 0.114. The van der Waals surface area contributed by atoms with Crippen molar-refractivity contribution in [3.05, 3.63) is 87.9 Å². The average Bonchev–Trinajstić information content (AvgIpc) is 3.37. The lowest BCUT2D eigenvalue weighted by Crippen LogP contribution is -2.42. The summed E-state index contributed by atoms with van der Waals surface area (Å²) in [6.07, 6.45) is -0.738. The number of halogens is 1. The molecule has 0 bridgehead atoms. The number of nitrogens with one attached hydrogen (secondary N) is 1. The number of carbonyl (C=O) groups is 2. The highest BCUT2D eigenvalue weighted by atomic mass is 35.5. The second-order valence-corrected chi connectivity index (χ2v) is 9.25. The van der Waals surface area contributed by atoms with E-state index < -0.39 is 18.1 Å². The minimum Gasteiger partial charge on any atom is -0.480 e. The van der Waals surface area contributed by atoms with Crippen LogP contribution in [-0.4, -0.2) is 34.8 Å². The first kappa shape index (κ1) is 21.4. The lowest BCUT2D eigenvalue weighted by atomic mass is 9.98. The van der Waals surface area contributed by atoms with Crippen molar-refractivity contribution in [1.29, 1.82) is 0 Å². The molecule has 0 saturated carbocycles. The summed E-state index contributed by atoms with van der Waals surface area (Å²) < 4.78 is 6.28. The van der Waals surface area contributed by atoms with Gasteiger partial charge in [-0.15, -0.1) is 11.3 Å². The molecule has 166 valence electrons. The van der Waals surface area contributed by atoms with Crippen molar-refractivity contribution < 1.29 is 19.4 Å². The van der Waals surface area contributed by atoms with Crippen molar-refractivity contribution in [3.63, 3.8) is 0 Å². The molecule has 1 aromatic heterocycles. The highest BCUT2D eigenvalue weighted by molar-refractivity contribution is 7.19. The van der Waals surface area contributed by atoms with Crippen molar-refractivity contribution in [3.8, 4) is 11.1 Å². The summed E-state index contributed by atoms with van der Waals surface area (Å²) in [5.74, 6) is -1.26. The molecule has 0 saturated heterocycles. The van der Waals surface area contributed by atoms with Gasteiger partial charge in [0, 0.05) is 12.3 Å². The van der Waals surface area contributed by atoms with E-state index in [4.69, 9.17) is 16.3 Å². The van der Waals surface area contributed by atoms with Crippen LogP contribution in [0.2, 0.25) is 5.02 Å². The van der Waals surface area contributed by atoms with Crippen LogP contribution in [0.3, 0.4) is 0 Å². The van der Waals surface area contributed by atoms with Crippen molar-refractivity contribution in [1.82, 2.24) is 10.3 Å². The first-order chi connectivity index (χ1) is 16.0. The fourth-order valence-corrected chi connectivity index (χ4v) is 5.50. The molecule has 0 fully saturated rings. The molecule has 3 aromatic carbocycles. The van der Waals surface area contributed by atoms with E-state index in [2.05, 4.69) is 22.4 Å². The van der Waals surface area contributed by atoms with E-state index in [0.29, 0.717) is 15.5 Å². The number of aliphatic carboxylic acids is 1. The summed E-state index contributed by atoms with van der Waals surface area (Å²) in [5.41, 5.74) is 5.13. The number of carbonyl (C=O) groups excluding carboxylic acids is 1. The predicted molar refractivity (Wildman–Crippen MR) is 128 cm³/mol. The largest absolute Gasteiger partial charge is 0.480 e. The molecule has 1 atom stereocenters. The van der Waals surface area contributed by atoms with Crippen LogP contribution in [0.25, 0.3) is 21.3 Å². The smallest absolute Gasteiger partial charge is 0.407 e. The van der Waals surface area contributed by atoms with Crippen molar-refractivity contribution in [2.45, 2.75) is 18.4 Å². The van der Waals surface area contributed by atoms with Gasteiger partial charge in [-0.05, 0) is 34.4 Å². The number of thiazole rings is 1. The van der Waals surface area contributed by atoms with E-state index in [9.17, 15) is 14.7 Å². The predicted octanol–water partition coefficient (Wildman–Crippen LogP) is 5.48. The van der Waals surface area contributed by atoms with E-state index in [1.54, 1.807) is 12.1 Å². The maximum absolute atomic E-state index is 12.5. The van der Waals surface area contributed by atoms with Gasteiger partial charge in [0.25, 0.3) is 0 Å². The molecule has 0 unspecified atom stereocenters. The van der Waals surface area contributed by atoms with Crippen LogP contribution in [0.1, 0.15) is 22.1 Å². The Morgan fingerprint density at radius 3 is 2.33 bits per heavy atom. The van der Waals surface area contributed by atoms with Gasteiger partial charge in [-0.2, -0.15) is 0 Å². The van der Waals surface area contributed by atoms with Gasteiger partial charge in [0.2, 0.25) is 0 Å². The van der Waals surface area contributed by atoms with Gasteiger partial charge < -0.3 is 15.2 Å². The first-order valence-corrected chi connectivity index (χ1v) is 11.6. The number of amides is 1. The summed E-state index contributed by atoms with van der Waals surface area (Å²) in [7, 11) is 0. The number of ether oxygens (including phenoxy) is 1. The number of nitrogens with zero attached hydrogens (tertiary/aromatic N) is 1. The number of benzene rings is 3. The van der Waals surface area contributed by atoms with E-state index >= 15 is 0 Å². The molecule has 8 heteroatoms. The van der Waals surface area contributed by atoms with Crippen molar-refractivity contribution in [2.24, 2.45) is 0 Å². The molecular formula is C25H19ClN2O4S. The van der Waals surface area contributed by atoms with Gasteiger partial charge in [0.05, 0.1) is 20.2 Å². The van der Waals surface area contributed by atoms with Crippen LogP contribution in [-0.2, 0) is 16.0 Å². The summed E-state index contributed by atoms with van der Waals surface area (Å²) in [6, 6.07) is 20.3. The number of aromatic nitrogens is 1. The molecule has 1 heterocycles. The number of hydrogen-bond acceptors (Lipinski definition) is 5. The molecule has 0 aliphatic heterocycles. The molecule has 0 radical (unpaired) electrons. The van der Waals surface area contributed by atoms with Crippen LogP contribution in [0.15, 0.2) is 66.7 Å². The zero-order chi connectivity index (χ0) is 22.9. The maximum atomic E-state index is 12.5. The molecule has 1 amide bonds. The van der Waals surface area contributed by atoms with Crippen LogP contribution >= 0.6 is 22.9 Å².